The van der Waals surface area contributed by atoms with E-state index in [1.807, 2.05) is 6.07 Å². The second kappa shape index (κ2) is 4.11. The highest BCUT2D eigenvalue weighted by Gasteiger charge is 2.09. The number of hydrogen-bond acceptors (Lipinski definition) is 3. The Kier molecular flexibility index (Phi) is 3.10. The van der Waals surface area contributed by atoms with Crippen LogP contribution in [-0.2, 0) is 10.0 Å². The second-order valence-electron chi connectivity index (χ2n) is 2.83. The first-order valence-electron chi connectivity index (χ1n) is 3.98. The first kappa shape index (κ1) is 10.5. The molecule has 5 heteroatoms. The number of rotatable bonds is 3. The molecule has 4 nitrogen and oxygen atoms in total. The maximum Gasteiger partial charge on any atom is 0.246 e. The van der Waals surface area contributed by atoms with Crippen LogP contribution in [0.5, 0.6) is 0 Å². The van der Waals surface area contributed by atoms with Crippen LogP contribution in [0.25, 0.3) is 0 Å². The quantitative estimate of drug-likeness (QED) is 0.816. The van der Waals surface area contributed by atoms with E-state index in [0.29, 0.717) is 5.69 Å². The fourth-order valence-electron chi connectivity index (χ4n) is 0.976. The Hall–Kier alpha value is -1.54. The number of nitrogens with one attached hydrogen (secondary N) is 1. The van der Waals surface area contributed by atoms with Gasteiger partial charge in [-0.2, -0.15) is 5.26 Å². The number of benzene rings is 1. The largest absolute Gasteiger partial charge is 0.282 e. The molecule has 0 amide bonds. The lowest BCUT2D eigenvalue weighted by Gasteiger charge is -2.07. The number of aryl methyl sites for hydroxylation is 1. The Balaban J connectivity index is 2.91. The van der Waals surface area contributed by atoms with E-state index in [4.69, 9.17) is 5.26 Å². The Labute approximate surface area is 83.2 Å². The van der Waals surface area contributed by atoms with Crippen molar-refractivity contribution in [1.29, 1.82) is 5.26 Å². The molecule has 0 heterocycles. The smallest absolute Gasteiger partial charge is 0.246 e. The third-order valence-corrected chi connectivity index (χ3v) is 2.71. The van der Waals surface area contributed by atoms with E-state index in [-0.39, 0.29) is 0 Å². The molecular formula is C9H10N2O2S. The summed E-state index contributed by atoms with van der Waals surface area (Å²) in [6.07, 6.45) is 0. The third-order valence-electron chi connectivity index (χ3n) is 1.67. The molecule has 14 heavy (non-hydrogen) atoms. The van der Waals surface area contributed by atoms with Crippen molar-refractivity contribution >= 4 is 15.7 Å². The van der Waals surface area contributed by atoms with E-state index in [1.165, 1.54) is 0 Å². The number of sulfonamides is 1. The summed E-state index contributed by atoms with van der Waals surface area (Å²) in [7, 11) is -3.52. The van der Waals surface area contributed by atoms with Crippen LogP contribution in [0.4, 0.5) is 5.69 Å². The summed E-state index contributed by atoms with van der Waals surface area (Å²) in [5.74, 6) is -0.526. The Morgan fingerprint density at radius 1 is 1.43 bits per heavy atom. The van der Waals surface area contributed by atoms with E-state index in [1.54, 1.807) is 31.2 Å². The van der Waals surface area contributed by atoms with Gasteiger partial charge in [0, 0.05) is 0 Å². The summed E-state index contributed by atoms with van der Waals surface area (Å²) >= 11 is 0. The fourth-order valence-corrected chi connectivity index (χ4v) is 1.78. The van der Waals surface area contributed by atoms with Gasteiger partial charge in [0.1, 0.15) is 0 Å². The molecule has 74 valence electrons. The van der Waals surface area contributed by atoms with Gasteiger partial charge in [-0.05, 0) is 18.6 Å². The van der Waals surface area contributed by atoms with Crippen molar-refractivity contribution in [2.75, 3.05) is 10.5 Å². The van der Waals surface area contributed by atoms with Gasteiger partial charge in [0.25, 0.3) is 0 Å². The van der Waals surface area contributed by atoms with Crippen LogP contribution in [0.2, 0.25) is 0 Å². The standard InChI is InChI=1S/C9H10N2O2S/c1-8-4-2-3-5-9(8)11-14(12,13)7-6-10/h2-5,11H,7H2,1H3. The van der Waals surface area contributed by atoms with Crippen LogP contribution in [0.1, 0.15) is 5.56 Å². The van der Waals surface area contributed by atoms with Crippen molar-refractivity contribution in [2.24, 2.45) is 0 Å². The van der Waals surface area contributed by atoms with Gasteiger partial charge < -0.3 is 0 Å². The SMILES string of the molecule is Cc1ccccc1NS(=O)(=O)CC#N. The summed E-state index contributed by atoms with van der Waals surface area (Å²) < 4.78 is 24.8. The highest BCUT2D eigenvalue weighted by Crippen LogP contribution is 2.14. The van der Waals surface area contributed by atoms with Crippen molar-refractivity contribution in [3.8, 4) is 6.07 Å². The van der Waals surface area contributed by atoms with Crippen molar-refractivity contribution in [3.05, 3.63) is 29.8 Å². The molecule has 0 radical (unpaired) electrons. The van der Waals surface area contributed by atoms with Crippen molar-refractivity contribution in [2.45, 2.75) is 6.92 Å². The Morgan fingerprint density at radius 2 is 2.07 bits per heavy atom. The Bertz CT molecular complexity index is 460. The second-order valence-corrected chi connectivity index (χ2v) is 4.56. The molecule has 0 atom stereocenters. The number of anilines is 1. The molecule has 0 bridgehead atoms. The predicted molar refractivity (Wildman–Crippen MR) is 54.2 cm³/mol. The molecule has 1 aromatic carbocycles. The van der Waals surface area contributed by atoms with Gasteiger partial charge in [0.15, 0.2) is 5.75 Å². The van der Waals surface area contributed by atoms with Gasteiger partial charge >= 0.3 is 0 Å². The summed E-state index contributed by atoms with van der Waals surface area (Å²) in [6.45, 7) is 1.80. The van der Waals surface area contributed by atoms with Gasteiger partial charge in [0.05, 0.1) is 11.8 Å². The first-order valence-corrected chi connectivity index (χ1v) is 5.63. The van der Waals surface area contributed by atoms with Gasteiger partial charge in [-0.15, -0.1) is 0 Å². The molecule has 0 aliphatic heterocycles. The monoisotopic (exact) mass is 210 g/mol. The summed E-state index contributed by atoms with van der Waals surface area (Å²) in [5, 5.41) is 8.28. The zero-order valence-electron chi connectivity index (χ0n) is 7.69. The lowest BCUT2D eigenvalue weighted by molar-refractivity contribution is 0.604. The molecule has 0 saturated heterocycles. The van der Waals surface area contributed by atoms with Crippen LogP contribution in [-0.4, -0.2) is 14.2 Å². The lowest BCUT2D eigenvalue weighted by atomic mass is 10.2. The van der Waals surface area contributed by atoms with Crippen LogP contribution in [0.15, 0.2) is 24.3 Å². The molecule has 1 aromatic rings. The van der Waals surface area contributed by atoms with E-state index in [2.05, 4.69) is 4.72 Å². The zero-order chi connectivity index (χ0) is 10.6. The van der Waals surface area contributed by atoms with Gasteiger partial charge in [-0.3, -0.25) is 4.72 Å². The average Bonchev–Trinajstić information content (AvgIpc) is 2.08. The van der Waals surface area contributed by atoms with E-state index < -0.39 is 15.8 Å². The molecule has 1 rings (SSSR count). The number of nitrogens with zero attached hydrogens (tertiary/aromatic N) is 1. The highest BCUT2D eigenvalue weighted by atomic mass is 32.2. The van der Waals surface area contributed by atoms with E-state index in [0.717, 1.165) is 5.56 Å². The molecule has 0 aliphatic rings. The van der Waals surface area contributed by atoms with E-state index >= 15 is 0 Å². The predicted octanol–water partition coefficient (Wildman–Crippen LogP) is 1.26. The van der Waals surface area contributed by atoms with Gasteiger partial charge in [-0.1, -0.05) is 18.2 Å². The van der Waals surface area contributed by atoms with Crippen LogP contribution in [0.3, 0.4) is 0 Å². The average molecular weight is 210 g/mol. The van der Waals surface area contributed by atoms with Crippen LogP contribution >= 0.6 is 0 Å². The van der Waals surface area contributed by atoms with Crippen molar-refractivity contribution < 1.29 is 8.42 Å². The molecule has 1 N–H and O–H groups in total. The molecule has 0 fully saturated rings. The maximum absolute atomic E-state index is 11.2. The number of nitriles is 1. The van der Waals surface area contributed by atoms with Gasteiger partial charge in [0.2, 0.25) is 10.0 Å². The molecule has 0 spiro atoms. The molecule has 0 aliphatic carbocycles. The summed E-state index contributed by atoms with van der Waals surface area (Å²) in [5.41, 5.74) is 1.34. The number of hydrogen-bond donors (Lipinski definition) is 1. The molecule has 0 aromatic heterocycles. The molecular weight excluding hydrogens is 200 g/mol. The Morgan fingerprint density at radius 3 is 2.64 bits per heavy atom. The zero-order valence-corrected chi connectivity index (χ0v) is 8.50. The molecule has 0 unspecified atom stereocenters. The number of para-hydroxylation sites is 1. The van der Waals surface area contributed by atoms with Gasteiger partial charge in [-0.25, -0.2) is 8.42 Å². The first-order chi connectivity index (χ1) is 6.55. The molecule has 0 saturated carbocycles. The van der Waals surface area contributed by atoms with Crippen LogP contribution < -0.4 is 4.72 Å². The van der Waals surface area contributed by atoms with Crippen LogP contribution in [0, 0.1) is 18.3 Å². The highest BCUT2D eigenvalue weighted by molar-refractivity contribution is 7.92. The minimum absolute atomic E-state index is 0.516. The third kappa shape index (κ3) is 2.75. The van der Waals surface area contributed by atoms with Crippen molar-refractivity contribution in [1.82, 2.24) is 0 Å². The topological polar surface area (TPSA) is 70.0 Å². The lowest BCUT2D eigenvalue weighted by Crippen LogP contribution is -2.16. The van der Waals surface area contributed by atoms with E-state index in [9.17, 15) is 8.42 Å². The minimum atomic E-state index is -3.52. The normalized spacial score (nSPS) is 10.6. The fraction of sp³-hybridized carbons (Fsp3) is 0.222. The summed E-state index contributed by atoms with van der Waals surface area (Å²) in [6, 6.07) is 8.60. The minimum Gasteiger partial charge on any atom is -0.282 e. The summed E-state index contributed by atoms with van der Waals surface area (Å²) in [4.78, 5) is 0. The maximum atomic E-state index is 11.2. The van der Waals surface area contributed by atoms with Crippen molar-refractivity contribution in [3.63, 3.8) is 0 Å².